The summed E-state index contributed by atoms with van der Waals surface area (Å²) in [5, 5.41) is 13.6. The third kappa shape index (κ3) is 15.8. The molecule has 1 aliphatic heterocycles. The van der Waals surface area contributed by atoms with Gasteiger partial charge in [0.1, 0.15) is 12.2 Å². The van der Waals surface area contributed by atoms with Gasteiger partial charge in [-0.1, -0.05) is 85.9 Å². The maximum Gasteiger partial charge on any atom is 0.432 e. The van der Waals surface area contributed by atoms with Gasteiger partial charge in [0, 0.05) is 50.6 Å². The normalized spacial score (nSPS) is 21.4. The van der Waals surface area contributed by atoms with Crippen LogP contribution >= 0.6 is 7.75 Å². The number of amides is 1. The van der Waals surface area contributed by atoms with Crippen molar-refractivity contribution in [1.82, 2.24) is 19.8 Å². The lowest BCUT2D eigenvalue weighted by Crippen LogP contribution is -2.43. The number of unbranched alkanes of at least 4 members (excludes halogenated alkanes) is 1. The van der Waals surface area contributed by atoms with E-state index in [-0.39, 0.29) is 12.5 Å². The number of aromatic amines is 1. The second-order valence-corrected chi connectivity index (χ2v) is 15.4. The number of allylic oxidation sites excluding steroid dienone is 10. The smallest absolute Gasteiger partial charge is 0.387 e. The van der Waals surface area contributed by atoms with Gasteiger partial charge in [-0.15, -0.1) is 0 Å². The molecule has 56 heavy (non-hydrogen) atoms. The minimum Gasteiger partial charge on any atom is -0.387 e. The van der Waals surface area contributed by atoms with Gasteiger partial charge < -0.3 is 25.0 Å². The molecule has 0 bridgehead atoms. The van der Waals surface area contributed by atoms with Crippen molar-refractivity contribution in [3.05, 3.63) is 124 Å². The van der Waals surface area contributed by atoms with E-state index in [1.165, 1.54) is 4.67 Å². The average Bonchev–Trinajstić information content (AvgIpc) is 3.39. The maximum atomic E-state index is 15.6. The summed E-state index contributed by atoms with van der Waals surface area (Å²) in [7, 11) is -2.77. The molecular formula is C41H59FN5O8P. The zero-order valence-electron chi connectivity index (χ0n) is 32.8. The molecule has 2 aromatic rings. The molecule has 13 nitrogen and oxygen atoms in total. The number of aliphatic hydroxyl groups is 1. The molecule has 15 heteroatoms. The number of H-pyrrole nitrogens is 1. The fraction of sp³-hybridized carbons (Fsp3) is 0.488. The van der Waals surface area contributed by atoms with Gasteiger partial charge >= 0.3 is 13.4 Å². The molecule has 1 aromatic heterocycles. The van der Waals surface area contributed by atoms with Crippen LogP contribution in [-0.4, -0.2) is 88.1 Å². The molecule has 308 valence electrons. The molecule has 1 unspecified atom stereocenters. The van der Waals surface area contributed by atoms with Crippen LogP contribution in [0, 0.1) is 0 Å². The van der Waals surface area contributed by atoms with Crippen LogP contribution in [0.1, 0.15) is 71.4 Å². The third-order valence-electron chi connectivity index (χ3n) is 9.03. The second kappa shape index (κ2) is 24.5. The number of alkyl halides is 1. The van der Waals surface area contributed by atoms with Crippen LogP contribution in [-0.2, 0) is 18.6 Å². The molecule has 1 saturated heterocycles. The van der Waals surface area contributed by atoms with E-state index in [4.69, 9.17) is 9.26 Å². The fourth-order valence-electron chi connectivity index (χ4n) is 5.81. The summed E-state index contributed by atoms with van der Waals surface area (Å²) in [6.07, 6.45) is 24.5. The standard InChI is InChI=1S/C41H59FN5O8P/c1-4-5-6-7-8-9-10-11-12-13-14-15-16-17-18-19-23-26-36(48)43-28-30-45(3)31-32-47(34-24-21-20-22-25-34)56(52,53)54-33-35-38(50)41(2,42)39(55-35)46-29-27-37(49)44-40(46)51/h5-6,8-9,11-12,14-15,17-18,20-22,24-25,27,29,35,38-39,50H,4,7,10,13,16,19,23,26,28,30-33H2,1-3H3,(H,43,48)(H,52,53)(H,44,49,51)/b6-5-,9-8-,12-11-,15-14-,18-17-/t35-,38-,39-,41-/m1/s1. The number of nitrogens with zero attached hydrogens (tertiary/aromatic N) is 3. The first-order chi connectivity index (χ1) is 26.9. The van der Waals surface area contributed by atoms with E-state index in [2.05, 4.69) is 73.0 Å². The third-order valence-corrected chi connectivity index (χ3v) is 10.6. The molecule has 1 fully saturated rings. The van der Waals surface area contributed by atoms with Crippen LogP contribution in [0.4, 0.5) is 10.1 Å². The summed E-state index contributed by atoms with van der Waals surface area (Å²) in [6, 6.07) is 9.46. The van der Waals surface area contributed by atoms with Gasteiger partial charge in [0.15, 0.2) is 11.9 Å². The van der Waals surface area contributed by atoms with Crippen molar-refractivity contribution >= 4 is 19.3 Å². The first-order valence-electron chi connectivity index (χ1n) is 19.2. The minimum absolute atomic E-state index is 0.0433. The first kappa shape index (κ1) is 46.2. The summed E-state index contributed by atoms with van der Waals surface area (Å²) in [4.78, 5) is 51.2. The summed E-state index contributed by atoms with van der Waals surface area (Å²) in [5.74, 6) is -0.0433. The van der Waals surface area contributed by atoms with Crippen LogP contribution in [0.15, 0.2) is 113 Å². The number of aliphatic hydroxyl groups excluding tert-OH is 1. The molecule has 0 radical (unpaired) electrons. The number of halogens is 1. The molecule has 1 amide bonds. The number of carbonyl (C=O) groups excluding carboxylic acids is 1. The molecule has 2 heterocycles. The molecular weight excluding hydrogens is 740 g/mol. The van der Waals surface area contributed by atoms with Gasteiger partial charge in [0.2, 0.25) is 5.91 Å². The highest BCUT2D eigenvalue weighted by atomic mass is 31.2. The molecule has 0 spiro atoms. The topological polar surface area (TPSA) is 166 Å². The van der Waals surface area contributed by atoms with Gasteiger partial charge in [-0.25, -0.2) is 13.8 Å². The van der Waals surface area contributed by atoms with Crippen molar-refractivity contribution in [2.45, 2.75) is 89.3 Å². The van der Waals surface area contributed by atoms with Crippen LogP contribution < -0.4 is 21.2 Å². The van der Waals surface area contributed by atoms with Gasteiger partial charge in [0.25, 0.3) is 5.56 Å². The molecule has 5 atom stereocenters. The lowest BCUT2D eigenvalue weighted by atomic mass is 9.98. The Labute approximate surface area is 329 Å². The van der Waals surface area contributed by atoms with E-state index in [9.17, 15) is 28.9 Å². The number of aromatic nitrogens is 2. The molecule has 1 aromatic carbocycles. The van der Waals surface area contributed by atoms with E-state index in [1.807, 2.05) is 16.9 Å². The number of rotatable bonds is 25. The number of carbonyl (C=O) groups is 1. The van der Waals surface area contributed by atoms with E-state index >= 15 is 4.39 Å². The average molecular weight is 800 g/mol. The zero-order valence-corrected chi connectivity index (χ0v) is 33.6. The van der Waals surface area contributed by atoms with Gasteiger partial charge in [-0.2, -0.15) is 0 Å². The molecule has 0 aliphatic carbocycles. The highest BCUT2D eigenvalue weighted by Gasteiger charge is 2.55. The number of para-hydroxylation sites is 1. The van der Waals surface area contributed by atoms with Crippen molar-refractivity contribution < 1.29 is 33.0 Å². The Balaban J connectivity index is 1.37. The second-order valence-electron chi connectivity index (χ2n) is 13.6. The minimum atomic E-state index is -4.60. The number of ether oxygens (including phenoxy) is 1. The number of benzene rings is 1. The predicted octanol–water partition coefficient (Wildman–Crippen LogP) is 6.12. The lowest BCUT2D eigenvalue weighted by Gasteiger charge is -2.31. The largest absolute Gasteiger partial charge is 0.432 e. The van der Waals surface area contributed by atoms with E-state index in [1.54, 1.807) is 30.3 Å². The number of hydrogen-bond acceptors (Lipinski definition) is 8. The monoisotopic (exact) mass is 799 g/mol. The van der Waals surface area contributed by atoms with Crippen molar-refractivity contribution in [2.24, 2.45) is 0 Å². The Bertz CT molecular complexity index is 1790. The van der Waals surface area contributed by atoms with Crippen molar-refractivity contribution in [3.63, 3.8) is 0 Å². The summed E-state index contributed by atoms with van der Waals surface area (Å²) >= 11 is 0. The maximum absolute atomic E-state index is 15.6. The fourth-order valence-corrected chi connectivity index (χ4v) is 7.05. The Kier molecular flexibility index (Phi) is 20.2. The van der Waals surface area contributed by atoms with Crippen LogP contribution in [0.3, 0.4) is 0 Å². The molecule has 1 aliphatic rings. The van der Waals surface area contributed by atoms with Crippen molar-refractivity contribution in [2.75, 3.05) is 44.5 Å². The van der Waals surface area contributed by atoms with Crippen molar-refractivity contribution in [3.8, 4) is 0 Å². The Morgan fingerprint density at radius 3 is 2.20 bits per heavy atom. The molecule has 3 rings (SSSR count). The predicted molar refractivity (Wildman–Crippen MR) is 219 cm³/mol. The quantitative estimate of drug-likeness (QED) is 0.0523. The Hall–Kier alpha value is -4.17. The number of likely N-dealkylation sites (N-methyl/N-ethyl adjacent to an activating group) is 1. The Morgan fingerprint density at radius 1 is 0.982 bits per heavy atom. The van der Waals surface area contributed by atoms with Crippen LogP contribution in [0.25, 0.3) is 0 Å². The highest BCUT2D eigenvalue weighted by molar-refractivity contribution is 7.54. The van der Waals surface area contributed by atoms with E-state index in [0.717, 1.165) is 68.7 Å². The number of nitrogens with one attached hydrogen (secondary N) is 2. The lowest BCUT2D eigenvalue weighted by molar-refractivity contribution is -0.121. The first-order valence-corrected chi connectivity index (χ1v) is 20.7. The van der Waals surface area contributed by atoms with Crippen LogP contribution in [0.5, 0.6) is 0 Å². The van der Waals surface area contributed by atoms with E-state index in [0.29, 0.717) is 31.7 Å². The van der Waals surface area contributed by atoms with Gasteiger partial charge in [-0.3, -0.25) is 28.3 Å². The number of anilines is 1. The summed E-state index contributed by atoms with van der Waals surface area (Å²) in [5.41, 5.74) is -3.73. The van der Waals surface area contributed by atoms with Gasteiger partial charge in [0.05, 0.1) is 6.61 Å². The van der Waals surface area contributed by atoms with Crippen molar-refractivity contribution in [1.29, 1.82) is 0 Å². The molecule has 0 saturated carbocycles. The van der Waals surface area contributed by atoms with Gasteiger partial charge in [-0.05, 0) is 71.0 Å². The summed E-state index contributed by atoms with van der Waals surface area (Å²) in [6.45, 7) is 3.75. The Morgan fingerprint density at radius 2 is 1.59 bits per heavy atom. The SMILES string of the molecule is CC/C=C\C/C=C\C/C=C\C/C=C\C/C=C\CCCC(=O)NCCN(C)CCN(c1ccccc1)P(=O)(O)OC[C@H]1O[C@@H](n2ccc(=O)[nH]c2=O)[C@](C)(F)[C@@H]1O. The summed E-state index contributed by atoms with van der Waals surface area (Å²) < 4.78 is 42.3. The van der Waals surface area contributed by atoms with Crippen LogP contribution in [0.2, 0.25) is 0 Å². The molecule has 4 N–H and O–H groups in total. The zero-order chi connectivity index (χ0) is 40.8. The number of hydrogen-bond donors (Lipinski definition) is 4. The van der Waals surface area contributed by atoms with E-state index < -0.39 is 49.7 Å². The highest BCUT2D eigenvalue weighted by Crippen LogP contribution is 2.50.